The van der Waals surface area contributed by atoms with Crippen LogP contribution in [0.25, 0.3) is 0 Å². The summed E-state index contributed by atoms with van der Waals surface area (Å²) in [6, 6.07) is 4.04. The predicted octanol–water partition coefficient (Wildman–Crippen LogP) is 4.07. The molecule has 2 N–H and O–H groups in total. The Bertz CT molecular complexity index is 456. The fourth-order valence-corrected chi connectivity index (χ4v) is 2.56. The number of aromatic hydroxyl groups is 1. The van der Waals surface area contributed by atoms with Gasteiger partial charge in [-0.1, -0.05) is 11.6 Å². The minimum atomic E-state index is -0.309. The van der Waals surface area contributed by atoms with E-state index in [1.807, 2.05) is 6.92 Å². The van der Waals surface area contributed by atoms with Gasteiger partial charge in [0, 0.05) is 11.6 Å². The monoisotopic (exact) mass is 263 g/mol. The molecule has 1 aromatic carbocycles. The molecule has 2 rings (SSSR count). The molecule has 1 aliphatic rings. The van der Waals surface area contributed by atoms with Crippen molar-refractivity contribution in [3.05, 3.63) is 41.2 Å². The van der Waals surface area contributed by atoms with E-state index in [0.29, 0.717) is 5.56 Å². The summed E-state index contributed by atoms with van der Waals surface area (Å²) in [4.78, 5) is 0. The molecule has 3 heteroatoms. The summed E-state index contributed by atoms with van der Waals surface area (Å²) >= 11 is 0. The number of hydrogen-bond acceptors (Lipinski definition) is 2. The molecule has 0 saturated heterocycles. The molecule has 2 nitrogen and oxygen atoms in total. The first-order valence-corrected chi connectivity index (χ1v) is 7.06. The van der Waals surface area contributed by atoms with Crippen molar-refractivity contribution in [3.63, 3.8) is 0 Å². The summed E-state index contributed by atoms with van der Waals surface area (Å²) in [5, 5.41) is 13.1. The van der Waals surface area contributed by atoms with E-state index in [-0.39, 0.29) is 17.6 Å². The van der Waals surface area contributed by atoms with Crippen LogP contribution in [-0.4, -0.2) is 11.7 Å². The van der Waals surface area contributed by atoms with E-state index in [1.165, 1.54) is 49.5 Å². The van der Waals surface area contributed by atoms with Gasteiger partial charge in [0.1, 0.15) is 11.6 Å². The van der Waals surface area contributed by atoms with Crippen LogP contribution in [0.4, 0.5) is 4.39 Å². The molecular formula is C16H22FNO. The maximum atomic E-state index is 13.2. The summed E-state index contributed by atoms with van der Waals surface area (Å²) < 4.78 is 13.2. The van der Waals surface area contributed by atoms with E-state index in [9.17, 15) is 9.50 Å². The van der Waals surface area contributed by atoms with Crippen LogP contribution in [-0.2, 0) is 0 Å². The van der Waals surface area contributed by atoms with Crippen molar-refractivity contribution in [2.24, 2.45) is 0 Å². The van der Waals surface area contributed by atoms with E-state index >= 15 is 0 Å². The minimum Gasteiger partial charge on any atom is -0.508 e. The zero-order valence-corrected chi connectivity index (χ0v) is 11.5. The largest absolute Gasteiger partial charge is 0.508 e. The first kappa shape index (κ1) is 14.1. The van der Waals surface area contributed by atoms with Gasteiger partial charge in [-0.2, -0.15) is 0 Å². The Labute approximate surface area is 114 Å². The number of phenols is 1. The van der Waals surface area contributed by atoms with Crippen LogP contribution in [0.1, 0.15) is 50.6 Å². The van der Waals surface area contributed by atoms with Crippen molar-refractivity contribution in [2.75, 3.05) is 6.54 Å². The quantitative estimate of drug-likeness (QED) is 0.785. The van der Waals surface area contributed by atoms with Gasteiger partial charge in [-0.05, 0) is 63.8 Å². The van der Waals surface area contributed by atoms with Gasteiger partial charge in [-0.25, -0.2) is 4.39 Å². The molecule has 0 spiro atoms. The topological polar surface area (TPSA) is 32.3 Å². The summed E-state index contributed by atoms with van der Waals surface area (Å²) in [5.74, 6) is -0.158. The lowest BCUT2D eigenvalue weighted by Gasteiger charge is -2.17. The number of allylic oxidation sites excluding steroid dienone is 1. The highest BCUT2D eigenvalue weighted by molar-refractivity contribution is 5.34. The number of benzene rings is 1. The molecule has 0 bridgehead atoms. The van der Waals surface area contributed by atoms with E-state index in [1.54, 1.807) is 0 Å². The van der Waals surface area contributed by atoms with Crippen molar-refractivity contribution >= 4 is 0 Å². The Kier molecular flexibility index (Phi) is 4.97. The second-order valence-corrected chi connectivity index (χ2v) is 5.24. The molecule has 0 aliphatic heterocycles. The highest BCUT2D eigenvalue weighted by Crippen LogP contribution is 2.25. The fraction of sp³-hybridized carbons (Fsp3) is 0.500. The number of nitrogens with one attached hydrogen (secondary N) is 1. The Morgan fingerprint density at radius 3 is 2.95 bits per heavy atom. The minimum absolute atomic E-state index is 0.0418. The Morgan fingerprint density at radius 2 is 2.21 bits per heavy atom. The highest BCUT2D eigenvalue weighted by atomic mass is 19.1. The number of rotatable bonds is 5. The standard InChI is InChI=1S/C16H22FNO/c1-12(15-11-14(17)7-8-16(15)19)18-10-9-13-5-3-2-4-6-13/h5,7-8,11-12,18-19H,2-4,6,9-10H2,1H3. The normalized spacial score (nSPS) is 17.1. The molecule has 0 aromatic heterocycles. The zero-order chi connectivity index (χ0) is 13.7. The molecule has 19 heavy (non-hydrogen) atoms. The SMILES string of the molecule is CC(NCCC1=CCCCC1)c1cc(F)ccc1O. The number of halogens is 1. The maximum absolute atomic E-state index is 13.2. The van der Waals surface area contributed by atoms with Crippen LogP contribution in [0.3, 0.4) is 0 Å². The second-order valence-electron chi connectivity index (χ2n) is 5.24. The summed E-state index contributed by atoms with van der Waals surface area (Å²) in [6.45, 7) is 2.81. The van der Waals surface area contributed by atoms with E-state index in [4.69, 9.17) is 0 Å². The van der Waals surface area contributed by atoms with Crippen LogP contribution in [0.15, 0.2) is 29.8 Å². The van der Waals surface area contributed by atoms with Gasteiger partial charge < -0.3 is 10.4 Å². The summed E-state index contributed by atoms with van der Waals surface area (Å²) in [6.07, 6.45) is 8.41. The third-order valence-corrected chi connectivity index (χ3v) is 3.74. The van der Waals surface area contributed by atoms with Gasteiger partial charge in [-0.3, -0.25) is 0 Å². The van der Waals surface area contributed by atoms with E-state index < -0.39 is 0 Å². The molecule has 1 unspecified atom stereocenters. The summed E-state index contributed by atoms with van der Waals surface area (Å²) in [7, 11) is 0. The second kappa shape index (κ2) is 6.71. The van der Waals surface area contributed by atoms with E-state index in [2.05, 4.69) is 11.4 Å². The third kappa shape index (κ3) is 4.06. The van der Waals surface area contributed by atoms with Crippen molar-refractivity contribution in [3.8, 4) is 5.75 Å². The molecular weight excluding hydrogens is 241 g/mol. The lowest BCUT2D eigenvalue weighted by Crippen LogP contribution is -2.20. The fourth-order valence-electron chi connectivity index (χ4n) is 2.56. The predicted molar refractivity (Wildman–Crippen MR) is 75.7 cm³/mol. The highest BCUT2D eigenvalue weighted by Gasteiger charge is 2.11. The lowest BCUT2D eigenvalue weighted by atomic mass is 9.97. The molecule has 1 aliphatic carbocycles. The Balaban J connectivity index is 1.85. The molecule has 0 amide bonds. The third-order valence-electron chi connectivity index (χ3n) is 3.74. The van der Waals surface area contributed by atoms with Crippen LogP contribution in [0.5, 0.6) is 5.75 Å². The molecule has 1 aromatic rings. The van der Waals surface area contributed by atoms with E-state index in [0.717, 1.165) is 13.0 Å². The Morgan fingerprint density at radius 1 is 1.37 bits per heavy atom. The molecule has 1 atom stereocenters. The van der Waals surface area contributed by atoms with Gasteiger partial charge in [-0.15, -0.1) is 0 Å². The number of hydrogen-bond donors (Lipinski definition) is 2. The van der Waals surface area contributed by atoms with Gasteiger partial charge in [0.15, 0.2) is 0 Å². The Hall–Kier alpha value is -1.35. The van der Waals surface area contributed by atoms with Gasteiger partial charge in [0.2, 0.25) is 0 Å². The molecule has 0 saturated carbocycles. The van der Waals surface area contributed by atoms with Crippen LogP contribution < -0.4 is 5.32 Å². The van der Waals surface area contributed by atoms with Gasteiger partial charge in [0.25, 0.3) is 0 Å². The van der Waals surface area contributed by atoms with Crippen molar-refractivity contribution in [1.29, 1.82) is 0 Å². The smallest absolute Gasteiger partial charge is 0.123 e. The molecule has 0 fully saturated rings. The molecule has 0 heterocycles. The summed E-state index contributed by atoms with van der Waals surface area (Å²) in [5.41, 5.74) is 2.15. The average Bonchev–Trinajstić information content (AvgIpc) is 2.42. The lowest BCUT2D eigenvalue weighted by molar-refractivity contribution is 0.449. The van der Waals surface area contributed by atoms with Gasteiger partial charge in [0.05, 0.1) is 0 Å². The first-order chi connectivity index (χ1) is 9.16. The van der Waals surface area contributed by atoms with Gasteiger partial charge >= 0.3 is 0 Å². The van der Waals surface area contributed by atoms with Crippen molar-refractivity contribution < 1.29 is 9.50 Å². The van der Waals surface area contributed by atoms with Crippen molar-refractivity contribution in [1.82, 2.24) is 5.32 Å². The van der Waals surface area contributed by atoms with Crippen LogP contribution >= 0.6 is 0 Å². The van der Waals surface area contributed by atoms with Crippen LogP contribution in [0, 0.1) is 5.82 Å². The average molecular weight is 263 g/mol. The number of phenolic OH excluding ortho intramolecular Hbond substituents is 1. The molecule has 0 radical (unpaired) electrons. The zero-order valence-electron chi connectivity index (χ0n) is 11.5. The maximum Gasteiger partial charge on any atom is 0.123 e. The van der Waals surface area contributed by atoms with Crippen LogP contribution in [0.2, 0.25) is 0 Å². The molecule has 104 valence electrons. The first-order valence-electron chi connectivity index (χ1n) is 7.06. The van der Waals surface area contributed by atoms with Crippen molar-refractivity contribution in [2.45, 2.75) is 45.1 Å².